The first-order chi connectivity index (χ1) is 13.8. The van der Waals surface area contributed by atoms with Crippen LogP contribution in [0, 0.1) is 5.82 Å². The lowest BCUT2D eigenvalue weighted by molar-refractivity contribution is -0.137. The summed E-state index contributed by atoms with van der Waals surface area (Å²) in [6.45, 7) is -0.0865. The molecule has 0 bridgehead atoms. The van der Waals surface area contributed by atoms with Crippen LogP contribution in [-0.2, 0) is 12.7 Å². The Balaban J connectivity index is 1.62. The molecule has 2 aromatic heterocycles. The lowest BCUT2D eigenvalue weighted by Crippen LogP contribution is -2.24. The third-order valence-electron chi connectivity index (χ3n) is 4.30. The number of amides is 1. The smallest absolute Gasteiger partial charge is 0.347 e. The zero-order chi connectivity index (χ0) is 20.6. The normalized spacial score (nSPS) is 11.7. The molecule has 148 valence electrons. The van der Waals surface area contributed by atoms with Gasteiger partial charge in [-0.3, -0.25) is 9.20 Å². The number of halogens is 4. The van der Waals surface area contributed by atoms with Gasteiger partial charge in [0.15, 0.2) is 10.7 Å². The first-order valence-electron chi connectivity index (χ1n) is 8.49. The van der Waals surface area contributed by atoms with E-state index in [1.54, 1.807) is 28.1 Å². The Morgan fingerprint density at radius 1 is 1.14 bits per heavy atom. The number of thiazole rings is 1. The van der Waals surface area contributed by atoms with Crippen molar-refractivity contribution < 1.29 is 22.4 Å². The second-order valence-corrected chi connectivity index (χ2v) is 7.13. The summed E-state index contributed by atoms with van der Waals surface area (Å²) in [5.41, 5.74) is 0.746. The van der Waals surface area contributed by atoms with Gasteiger partial charge in [-0.2, -0.15) is 13.2 Å². The SMILES string of the molecule is O=C(NCc1cccc(C(F)(F)F)c1)c1nc2sccn2c1-c1ccc(F)cc1. The summed E-state index contributed by atoms with van der Waals surface area (Å²) in [6.07, 6.45) is -2.71. The zero-order valence-electron chi connectivity index (χ0n) is 14.7. The first kappa shape index (κ1) is 19.1. The number of nitrogens with one attached hydrogen (secondary N) is 1. The van der Waals surface area contributed by atoms with Gasteiger partial charge in [0, 0.05) is 23.7 Å². The molecule has 0 radical (unpaired) electrons. The molecule has 0 saturated heterocycles. The number of carbonyl (C=O) groups is 1. The van der Waals surface area contributed by atoms with E-state index in [0.717, 1.165) is 12.1 Å². The molecule has 4 rings (SSSR count). The van der Waals surface area contributed by atoms with Crippen LogP contribution < -0.4 is 5.32 Å². The van der Waals surface area contributed by atoms with E-state index in [4.69, 9.17) is 0 Å². The molecular weight excluding hydrogens is 406 g/mol. The minimum absolute atomic E-state index is 0.0865. The number of fused-ring (bicyclic) bond motifs is 1. The number of hydrogen-bond acceptors (Lipinski definition) is 3. The number of hydrogen-bond donors (Lipinski definition) is 1. The Hall–Kier alpha value is -3.20. The molecule has 2 heterocycles. The molecule has 2 aromatic carbocycles. The molecule has 9 heteroatoms. The topological polar surface area (TPSA) is 46.4 Å². The summed E-state index contributed by atoms with van der Waals surface area (Å²) >= 11 is 1.33. The van der Waals surface area contributed by atoms with Crippen LogP contribution in [0.2, 0.25) is 0 Å². The zero-order valence-corrected chi connectivity index (χ0v) is 15.5. The van der Waals surface area contributed by atoms with Gasteiger partial charge in [0.05, 0.1) is 11.3 Å². The van der Waals surface area contributed by atoms with E-state index in [-0.39, 0.29) is 12.2 Å². The van der Waals surface area contributed by atoms with Crippen molar-refractivity contribution in [3.8, 4) is 11.3 Å². The minimum atomic E-state index is -4.45. The van der Waals surface area contributed by atoms with Gasteiger partial charge >= 0.3 is 6.18 Å². The van der Waals surface area contributed by atoms with Crippen LogP contribution in [0.3, 0.4) is 0 Å². The average Bonchev–Trinajstić information content (AvgIpc) is 3.28. The molecule has 0 atom stereocenters. The van der Waals surface area contributed by atoms with E-state index in [1.807, 2.05) is 0 Å². The molecule has 0 spiro atoms. The van der Waals surface area contributed by atoms with E-state index < -0.39 is 23.5 Å². The highest BCUT2D eigenvalue weighted by molar-refractivity contribution is 7.15. The number of aromatic nitrogens is 2. The Morgan fingerprint density at radius 2 is 1.90 bits per heavy atom. The summed E-state index contributed by atoms with van der Waals surface area (Å²) in [6, 6.07) is 10.4. The van der Waals surface area contributed by atoms with Crippen molar-refractivity contribution in [1.29, 1.82) is 0 Å². The van der Waals surface area contributed by atoms with Gasteiger partial charge in [-0.05, 0) is 42.0 Å². The molecule has 0 aliphatic heterocycles. The number of benzene rings is 2. The highest BCUT2D eigenvalue weighted by Gasteiger charge is 2.30. The molecule has 1 N–H and O–H groups in total. The maximum Gasteiger partial charge on any atom is 0.416 e. The lowest BCUT2D eigenvalue weighted by atomic mass is 10.1. The average molecular weight is 419 g/mol. The van der Waals surface area contributed by atoms with Crippen LogP contribution in [-0.4, -0.2) is 15.3 Å². The van der Waals surface area contributed by atoms with Gasteiger partial charge in [0.2, 0.25) is 0 Å². The molecule has 1 amide bonds. The predicted octanol–water partition coefficient (Wildman–Crippen LogP) is 5.15. The van der Waals surface area contributed by atoms with Gasteiger partial charge in [0.25, 0.3) is 5.91 Å². The van der Waals surface area contributed by atoms with Crippen molar-refractivity contribution in [1.82, 2.24) is 14.7 Å². The molecule has 0 saturated carbocycles. The molecular formula is C20H13F4N3OS. The highest BCUT2D eigenvalue weighted by atomic mass is 32.1. The third kappa shape index (κ3) is 3.86. The summed E-state index contributed by atoms with van der Waals surface area (Å²) in [5, 5.41) is 4.42. The fourth-order valence-electron chi connectivity index (χ4n) is 2.95. The third-order valence-corrected chi connectivity index (χ3v) is 5.06. The fraction of sp³-hybridized carbons (Fsp3) is 0.100. The van der Waals surface area contributed by atoms with Gasteiger partial charge in [-0.1, -0.05) is 12.1 Å². The van der Waals surface area contributed by atoms with E-state index >= 15 is 0 Å². The molecule has 0 unspecified atom stereocenters. The van der Waals surface area contributed by atoms with Crippen LogP contribution in [0.5, 0.6) is 0 Å². The van der Waals surface area contributed by atoms with Crippen molar-refractivity contribution in [2.75, 3.05) is 0 Å². The Bertz CT molecular complexity index is 1180. The van der Waals surface area contributed by atoms with E-state index in [9.17, 15) is 22.4 Å². The molecule has 0 fully saturated rings. The van der Waals surface area contributed by atoms with Crippen molar-refractivity contribution in [3.05, 3.63) is 82.7 Å². The maximum absolute atomic E-state index is 13.3. The number of imidazole rings is 1. The standard InChI is InChI=1S/C20H13F4N3OS/c21-15-6-4-13(5-7-15)17-16(26-19-27(17)8-9-29-19)18(28)25-11-12-2-1-3-14(10-12)20(22,23)24/h1-10H,11H2,(H,25,28). The molecule has 0 aliphatic carbocycles. The number of alkyl halides is 3. The van der Waals surface area contributed by atoms with Crippen molar-refractivity contribution in [2.24, 2.45) is 0 Å². The van der Waals surface area contributed by atoms with Crippen LogP contribution in [0.4, 0.5) is 17.6 Å². The predicted molar refractivity (Wildman–Crippen MR) is 101 cm³/mol. The van der Waals surface area contributed by atoms with Crippen molar-refractivity contribution >= 4 is 22.2 Å². The van der Waals surface area contributed by atoms with Crippen molar-refractivity contribution in [3.63, 3.8) is 0 Å². The first-order valence-corrected chi connectivity index (χ1v) is 9.37. The Kier molecular flexibility index (Phi) is 4.83. The lowest BCUT2D eigenvalue weighted by Gasteiger charge is -2.10. The molecule has 0 aliphatic rings. The van der Waals surface area contributed by atoms with Crippen molar-refractivity contribution in [2.45, 2.75) is 12.7 Å². The summed E-state index contributed by atoms with van der Waals surface area (Å²) in [4.78, 5) is 17.7. The summed E-state index contributed by atoms with van der Waals surface area (Å²) in [7, 11) is 0. The molecule has 29 heavy (non-hydrogen) atoms. The minimum Gasteiger partial charge on any atom is -0.347 e. The Labute approximate surface area is 166 Å². The number of carbonyl (C=O) groups excluding carboxylic acids is 1. The largest absolute Gasteiger partial charge is 0.416 e. The Morgan fingerprint density at radius 3 is 2.62 bits per heavy atom. The summed E-state index contributed by atoms with van der Waals surface area (Å²) < 4.78 is 53.6. The van der Waals surface area contributed by atoms with Crippen LogP contribution in [0.15, 0.2) is 60.1 Å². The van der Waals surface area contributed by atoms with Gasteiger partial charge in [-0.25, -0.2) is 9.37 Å². The highest BCUT2D eigenvalue weighted by Crippen LogP contribution is 2.30. The van der Waals surface area contributed by atoms with E-state index in [0.29, 0.717) is 21.8 Å². The van der Waals surface area contributed by atoms with Gasteiger partial charge in [-0.15, -0.1) is 11.3 Å². The maximum atomic E-state index is 13.3. The van der Waals surface area contributed by atoms with Crippen LogP contribution in [0.1, 0.15) is 21.6 Å². The number of nitrogens with zero attached hydrogens (tertiary/aromatic N) is 2. The van der Waals surface area contributed by atoms with Gasteiger partial charge < -0.3 is 5.32 Å². The second-order valence-electron chi connectivity index (χ2n) is 6.25. The number of rotatable bonds is 4. The van der Waals surface area contributed by atoms with E-state index in [1.165, 1.54) is 35.6 Å². The quantitative estimate of drug-likeness (QED) is 0.465. The fourth-order valence-corrected chi connectivity index (χ4v) is 3.67. The van der Waals surface area contributed by atoms with E-state index in [2.05, 4.69) is 10.3 Å². The second kappa shape index (κ2) is 7.32. The molecule has 4 aromatic rings. The van der Waals surface area contributed by atoms with Gasteiger partial charge in [0.1, 0.15) is 5.82 Å². The summed E-state index contributed by atoms with van der Waals surface area (Å²) in [5.74, 6) is -0.937. The van der Waals surface area contributed by atoms with Crippen LogP contribution in [0.25, 0.3) is 16.2 Å². The monoisotopic (exact) mass is 419 g/mol. The van der Waals surface area contributed by atoms with Crippen LogP contribution >= 0.6 is 11.3 Å². The molecule has 4 nitrogen and oxygen atoms in total.